The summed E-state index contributed by atoms with van der Waals surface area (Å²) in [6.07, 6.45) is 1.13. The Kier molecular flexibility index (Phi) is 7.56. The van der Waals surface area contributed by atoms with Crippen molar-refractivity contribution in [3.63, 3.8) is 0 Å². The first-order chi connectivity index (χ1) is 15.7. The molecule has 0 aromatic heterocycles. The number of sulfonamides is 1. The SMILES string of the molecule is Cc1ccc(S(=O)(=O)N(CC(=O)N/N=C\c2ccccc2[N+](=O)[O-])c2ccc(Br)cc2)cc1. The van der Waals surface area contributed by atoms with Gasteiger partial charge in [-0.25, -0.2) is 13.8 Å². The second-order valence-corrected chi connectivity index (χ2v) is 9.69. The Balaban J connectivity index is 1.85. The van der Waals surface area contributed by atoms with Gasteiger partial charge in [-0.05, 0) is 49.4 Å². The minimum atomic E-state index is -4.06. The number of para-hydroxylation sites is 1. The Morgan fingerprint density at radius 2 is 1.73 bits per heavy atom. The smallest absolute Gasteiger partial charge is 0.271 e. The topological polar surface area (TPSA) is 122 Å². The lowest BCUT2D eigenvalue weighted by Crippen LogP contribution is -2.39. The molecule has 1 amide bonds. The second-order valence-electron chi connectivity index (χ2n) is 6.91. The van der Waals surface area contributed by atoms with Crippen LogP contribution in [0.1, 0.15) is 11.1 Å². The van der Waals surface area contributed by atoms with Crippen molar-refractivity contribution in [2.24, 2.45) is 5.10 Å². The van der Waals surface area contributed by atoms with Gasteiger partial charge in [0.2, 0.25) is 0 Å². The molecule has 1 N–H and O–H groups in total. The molecule has 0 aliphatic heterocycles. The number of halogens is 1. The van der Waals surface area contributed by atoms with E-state index in [1.165, 1.54) is 30.3 Å². The fraction of sp³-hybridized carbons (Fsp3) is 0.0909. The van der Waals surface area contributed by atoms with Crippen LogP contribution in [0.15, 0.2) is 87.3 Å². The van der Waals surface area contributed by atoms with E-state index in [1.54, 1.807) is 42.5 Å². The van der Waals surface area contributed by atoms with Gasteiger partial charge >= 0.3 is 0 Å². The highest BCUT2D eigenvalue weighted by Gasteiger charge is 2.27. The summed E-state index contributed by atoms with van der Waals surface area (Å²) in [7, 11) is -4.06. The zero-order valence-electron chi connectivity index (χ0n) is 17.4. The van der Waals surface area contributed by atoms with Crippen molar-refractivity contribution in [3.8, 4) is 0 Å². The van der Waals surface area contributed by atoms with Crippen LogP contribution in [-0.4, -0.2) is 32.0 Å². The molecule has 0 aliphatic rings. The van der Waals surface area contributed by atoms with Crippen LogP contribution in [0, 0.1) is 17.0 Å². The van der Waals surface area contributed by atoms with Crippen LogP contribution in [0.2, 0.25) is 0 Å². The van der Waals surface area contributed by atoms with Crippen LogP contribution < -0.4 is 9.73 Å². The Labute approximate surface area is 199 Å². The number of carbonyl (C=O) groups is 1. The molecule has 0 saturated carbocycles. The summed E-state index contributed by atoms with van der Waals surface area (Å²) in [5, 5.41) is 14.8. The van der Waals surface area contributed by atoms with Crippen LogP contribution in [-0.2, 0) is 14.8 Å². The second kappa shape index (κ2) is 10.4. The first-order valence-electron chi connectivity index (χ1n) is 9.59. The van der Waals surface area contributed by atoms with Crippen molar-refractivity contribution >= 4 is 49.4 Å². The number of nitrogens with zero attached hydrogens (tertiary/aromatic N) is 3. The Morgan fingerprint density at radius 3 is 2.36 bits per heavy atom. The fourth-order valence-electron chi connectivity index (χ4n) is 2.86. The highest BCUT2D eigenvalue weighted by atomic mass is 79.9. The van der Waals surface area contributed by atoms with Crippen molar-refractivity contribution in [1.29, 1.82) is 0 Å². The monoisotopic (exact) mass is 530 g/mol. The predicted molar refractivity (Wildman–Crippen MR) is 129 cm³/mol. The number of hydrazone groups is 1. The van der Waals surface area contributed by atoms with Gasteiger partial charge < -0.3 is 0 Å². The summed E-state index contributed by atoms with van der Waals surface area (Å²) in [4.78, 5) is 23.1. The van der Waals surface area contributed by atoms with Crippen LogP contribution in [0.4, 0.5) is 11.4 Å². The molecule has 170 valence electrons. The van der Waals surface area contributed by atoms with Gasteiger partial charge in [0.05, 0.1) is 27.3 Å². The molecule has 11 heteroatoms. The lowest BCUT2D eigenvalue weighted by Gasteiger charge is -2.23. The average molecular weight is 531 g/mol. The molecule has 0 radical (unpaired) electrons. The lowest BCUT2D eigenvalue weighted by atomic mass is 10.2. The molecule has 3 aromatic carbocycles. The largest absolute Gasteiger partial charge is 0.278 e. The van der Waals surface area contributed by atoms with Gasteiger partial charge in [0.15, 0.2) is 0 Å². The number of anilines is 1. The summed E-state index contributed by atoms with van der Waals surface area (Å²) < 4.78 is 28.3. The van der Waals surface area contributed by atoms with Crippen LogP contribution in [0.25, 0.3) is 0 Å². The maximum absolute atomic E-state index is 13.3. The number of benzene rings is 3. The Morgan fingerprint density at radius 1 is 1.09 bits per heavy atom. The molecule has 0 unspecified atom stereocenters. The third-order valence-electron chi connectivity index (χ3n) is 4.54. The van der Waals surface area contributed by atoms with Gasteiger partial charge in [0, 0.05) is 10.5 Å². The minimum Gasteiger partial charge on any atom is -0.271 e. The van der Waals surface area contributed by atoms with E-state index < -0.39 is 27.4 Å². The number of nitrogens with one attached hydrogen (secondary N) is 1. The molecule has 9 nitrogen and oxygen atoms in total. The van der Waals surface area contributed by atoms with Crippen LogP contribution in [0.3, 0.4) is 0 Å². The molecule has 0 atom stereocenters. The van der Waals surface area contributed by atoms with E-state index >= 15 is 0 Å². The third kappa shape index (κ3) is 6.02. The molecule has 0 heterocycles. The number of carbonyl (C=O) groups excluding carboxylic acids is 1. The Hall–Kier alpha value is -3.57. The number of hydrogen-bond acceptors (Lipinski definition) is 6. The zero-order valence-corrected chi connectivity index (χ0v) is 19.8. The van der Waals surface area contributed by atoms with Crippen molar-refractivity contribution in [3.05, 3.63) is 98.5 Å². The van der Waals surface area contributed by atoms with E-state index in [0.29, 0.717) is 0 Å². The van der Waals surface area contributed by atoms with Crippen LogP contribution >= 0.6 is 15.9 Å². The molecule has 0 bridgehead atoms. The Bertz CT molecular complexity index is 1290. The van der Waals surface area contributed by atoms with E-state index in [-0.39, 0.29) is 21.8 Å². The molecule has 0 saturated heterocycles. The first-order valence-corrected chi connectivity index (χ1v) is 11.8. The van der Waals surface area contributed by atoms with Gasteiger partial charge in [-0.3, -0.25) is 19.2 Å². The number of nitro groups is 1. The fourth-order valence-corrected chi connectivity index (χ4v) is 4.55. The number of nitro benzene ring substituents is 1. The average Bonchev–Trinajstić information content (AvgIpc) is 2.78. The van der Waals surface area contributed by atoms with E-state index in [2.05, 4.69) is 26.5 Å². The number of hydrogen-bond donors (Lipinski definition) is 1. The highest BCUT2D eigenvalue weighted by molar-refractivity contribution is 9.10. The van der Waals surface area contributed by atoms with Gasteiger partial charge in [-0.15, -0.1) is 0 Å². The molecule has 0 spiro atoms. The number of amides is 1. The van der Waals surface area contributed by atoms with Gasteiger partial charge in [-0.2, -0.15) is 5.10 Å². The molecule has 0 aliphatic carbocycles. The summed E-state index contributed by atoms with van der Waals surface area (Å²) in [5.74, 6) is -0.719. The van der Waals surface area contributed by atoms with Gasteiger partial charge in [0.25, 0.3) is 21.6 Å². The maximum Gasteiger partial charge on any atom is 0.278 e. The summed E-state index contributed by atoms with van der Waals surface area (Å²) in [5.41, 5.74) is 3.44. The standard InChI is InChI=1S/C22H19BrN4O5S/c1-16-6-12-20(13-7-16)33(31,32)26(19-10-8-18(23)9-11-19)15-22(28)25-24-14-17-4-2-3-5-21(17)27(29)30/h2-14H,15H2,1H3,(H,25,28)/b24-14-. The van der Waals surface area contributed by atoms with Crippen molar-refractivity contribution in [2.75, 3.05) is 10.8 Å². The zero-order chi connectivity index (χ0) is 24.0. The summed E-state index contributed by atoms with van der Waals surface area (Å²) in [6.45, 7) is 1.29. The maximum atomic E-state index is 13.3. The molecular formula is C22H19BrN4O5S. The normalized spacial score (nSPS) is 11.3. The predicted octanol–water partition coefficient (Wildman–Crippen LogP) is 4.01. The van der Waals surface area contributed by atoms with E-state index in [1.807, 2.05) is 6.92 Å². The lowest BCUT2D eigenvalue weighted by molar-refractivity contribution is -0.385. The van der Waals surface area contributed by atoms with Crippen LogP contribution in [0.5, 0.6) is 0 Å². The van der Waals surface area contributed by atoms with Gasteiger partial charge in [0.1, 0.15) is 6.54 Å². The van der Waals surface area contributed by atoms with E-state index in [9.17, 15) is 23.3 Å². The van der Waals surface area contributed by atoms with Gasteiger partial charge in [-0.1, -0.05) is 45.8 Å². The van der Waals surface area contributed by atoms with Crippen molar-refractivity contribution in [1.82, 2.24) is 5.43 Å². The number of rotatable bonds is 8. The quantitative estimate of drug-likeness (QED) is 0.267. The van der Waals surface area contributed by atoms with E-state index in [4.69, 9.17) is 0 Å². The van der Waals surface area contributed by atoms with Crippen molar-refractivity contribution < 1.29 is 18.1 Å². The third-order valence-corrected chi connectivity index (χ3v) is 6.85. The van der Waals surface area contributed by atoms with Crippen molar-refractivity contribution in [2.45, 2.75) is 11.8 Å². The molecular weight excluding hydrogens is 512 g/mol. The molecule has 0 fully saturated rings. The summed E-state index contributed by atoms with van der Waals surface area (Å²) >= 11 is 3.31. The highest BCUT2D eigenvalue weighted by Crippen LogP contribution is 2.25. The van der Waals surface area contributed by atoms with E-state index in [0.717, 1.165) is 20.6 Å². The molecule has 33 heavy (non-hydrogen) atoms. The minimum absolute atomic E-state index is 0.0345. The number of aryl methyl sites for hydroxylation is 1. The molecule has 3 aromatic rings. The molecule has 3 rings (SSSR count). The summed E-state index contributed by atoms with van der Waals surface area (Å²) in [6, 6.07) is 18.7. The first kappa shape index (κ1) is 24.1.